The monoisotopic (exact) mass is 481 g/mol. The van der Waals surface area contributed by atoms with Crippen LogP contribution in [0.25, 0.3) is 24.3 Å². The molecule has 0 spiro atoms. The second-order valence-electron chi connectivity index (χ2n) is 8.52. The zero-order chi connectivity index (χ0) is 24.6. The van der Waals surface area contributed by atoms with Crippen molar-refractivity contribution >= 4 is 54.0 Å². The number of thiol groups is 1. The molecule has 0 radical (unpaired) electrons. The Morgan fingerprint density at radius 1 is 0.361 bits per heavy atom. The normalized spacial score (nSPS) is 11.2. The number of rotatable bonds is 7. The van der Waals surface area contributed by atoms with Gasteiger partial charge in [-0.15, -0.1) is 12.6 Å². The summed E-state index contributed by atoms with van der Waals surface area (Å²) >= 11 is 4.34. The van der Waals surface area contributed by atoms with Gasteiger partial charge in [0.15, 0.2) is 0 Å². The average molecular weight is 482 g/mol. The van der Waals surface area contributed by atoms with Gasteiger partial charge in [-0.2, -0.15) is 0 Å². The Bertz CT molecular complexity index is 1400. The molecule has 0 aliphatic carbocycles. The summed E-state index contributed by atoms with van der Waals surface area (Å²) in [6, 6.07) is 46.3. The average Bonchev–Trinajstić information content (AvgIpc) is 2.94. The Morgan fingerprint density at radius 3 is 1.06 bits per heavy atom. The van der Waals surface area contributed by atoms with Crippen LogP contribution in [0.3, 0.4) is 0 Å². The first-order valence-corrected chi connectivity index (χ1v) is 12.4. The Hall–Kier alpha value is -4.27. The fourth-order valence-electron chi connectivity index (χ4n) is 4.02. The van der Waals surface area contributed by atoms with Crippen LogP contribution in [0.4, 0.5) is 17.1 Å². The lowest BCUT2D eigenvalue weighted by molar-refractivity contribution is 1.28. The molecule has 2 heteroatoms. The maximum absolute atomic E-state index is 4.34. The van der Waals surface area contributed by atoms with Crippen molar-refractivity contribution in [1.29, 1.82) is 0 Å². The highest BCUT2D eigenvalue weighted by Crippen LogP contribution is 2.34. The van der Waals surface area contributed by atoms with Crippen LogP contribution < -0.4 is 4.90 Å². The molecular formula is C34H27NS. The van der Waals surface area contributed by atoms with Crippen molar-refractivity contribution in [3.63, 3.8) is 0 Å². The summed E-state index contributed by atoms with van der Waals surface area (Å²) in [7, 11) is 0. The van der Waals surface area contributed by atoms with Crippen LogP contribution in [-0.2, 0) is 0 Å². The van der Waals surface area contributed by atoms with Crippen molar-refractivity contribution in [2.75, 3.05) is 4.90 Å². The Kier molecular flexibility index (Phi) is 7.46. The lowest BCUT2D eigenvalue weighted by Gasteiger charge is -2.25. The summed E-state index contributed by atoms with van der Waals surface area (Å²) in [4.78, 5) is 3.25. The molecule has 0 aliphatic rings. The van der Waals surface area contributed by atoms with Gasteiger partial charge >= 0.3 is 0 Å². The largest absolute Gasteiger partial charge is 0.311 e. The number of anilines is 3. The van der Waals surface area contributed by atoms with Crippen molar-refractivity contribution in [2.24, 2.45) is 0 Å². The van der Waals surface area contributed by atoms with Crippen LogP contribution in [0.15, 0.2) is 138 Å². The first-order chi connectivity index (χ1) is 17.7. The summed E-state index contributed by atoms with van der Waals surface area (Å²) in [6.07, 6.45) is 8.56. The molecule has 0 N–H and O–H groups in total. The van der Waals surface area contributed by atoms with Gasteiger partial charge in [0, 0.05) is 22.0 Å². The molecule has 1 nitrogen and oxygen atoms in total. The fourth-order valence-corrected chi connectivity index (χ4v) is 4.17. The van der Waals surface area contributed by atoms with Crippen LogP contribution in [0.1, 0.15) is 22.3 Å². The quantitative estimate of drug-likeness (QED) is 0.179. The van der Waals surface area contributed by atoms with Gasteiger partial charge in [-0.25, -0.2) is 0 Å². The van der Waals surface area contributed by atoms with Crippen molar-refractivity contribution < 1.29 is 0 Å². The fraction of sp³-hybridized carbons (Fsp3) is 0. The van der Waals surface area contributed by atoms with E-state index in [2.05, 4.69) is 151 Å². The summed E-state index contributed by atoms with van der Waals surface area (Å²) in [5.74, 6) is 0. The van der Waals surface area contributed by atoms with E-state index >= 15 is 0 Å². The minimum atomic E-state index is 0.975. The first kappa shape index (κ1) is 23.5. The Labute approximate surface area is 219 Å². The molecule has 0 aromatic heterocycles. The van der Waals surface area contributed by atoms with E-state index in [1.54, 1.807) is 0 Å². The van der Waals surface area contributed by atoms with E-state index in [1.165, 1.54) is 16.7 Å². The molecule has 174 valence electrons. The lowest BCUT2D eigenvalue weighted by atomic mass is 10.1. The predicted molar refractivity (Wildman–Crippen MR) is 159 cm³/mol. The number of hydrogen-bond acceptors (Lipinski definition) is 2. The summed E-state index contributed by atoms with van der Waals surface area (Å²) < 4.78 is 0. The summed E-state index contributed by atoms with van der Waals surface area (Å²) in [6.45, 7) is 0. The van der Waals surface area contributed by atoms with Gasteiger partial charge < -0.3 is 4.90 Å². The van der Waals surface area contributed by atoms with Crippen LogP contribution in [0.2, 0.25) is 0 Å². The van der Waals surface area contributed by atoms with Gasteiger partial charge in [-0.05, 0) is 70.8 Å². The van der Waals surface area contributed by atoms with Crippen molar-refractivity contribution in [2.45, 2.75) is 4.90 Å². The molecule has 0 unspecified atom stereocenters. The Balaban J connectivity index is 1.29. The topological polar surface area (TPSA) is 3.24 Å². The second kappa shape index (κ2) is 11.4. The predicted octanol–water partition coefficient (Wildman–Crippen LogP) is 9.79. The third-order valence-electron chi connectivity index (χ3n) is 5.95. The molecule has 5 rings (SSSR count). The van der Waals surface area contributed by atoms with Gasteiger partial charge in [0.2, 0.25) is 0 Å². The van der Waals surface area contributed by atoms with Crippen LogP contribution in [0, 0.1) is 0 Å². The van der Waals surface area contributed by atoms with Gasteiger partial charge in [0.25, 0.3) is 0 Å². The highest BCUT2D eigenvalue weighted by Gasteiger charge is 2.11. The third kappa shape index (κ3) is 6.04. The van der Waals surface area contributed by atoms with E-state index in [0.29, 0.717) is 0 Å². The minimum absolute atomic E-state index is 0.975. The molecule has 0 heterocycles. The van der Waals surface area contributed by atoms with Crippen LogP contribution >= 0.6 is 12.6 Å². The molecule has 5 aromatic rings. The molecule has 0 amide bonds. The molecule has 0 saturated carbocycles. The zero-order valence-corrected chi connectivity index (χ0v) is 20.8. The molecule has 0 bridgehead atoms. The molecule has 0 saturated heterocycles. The molecule has 36 heavy (non-hydrogen) atoms. The molecule has 5 aromatic carbocycles. The van der Waals surface area contributed by atoms with E-state index in [1.807, 2.05) is 24.3 Å². The van der Waals surface area contributed by atoms with Gasteiger partial charge in [-0.1, -0.05) is 109 Å². The summed E-state index contributed by atoms with van der Waals surface area (Å²) in [5.41, 5.74) is 8.08. The molecule has 0 fully saturated rings. The van der Waals surface area contributed by atoms with E-state index in [4.69, 9.17) is 0 Å². The number of nitrogens with zero attached hydrogens (tertiary/aromatic N) is 1. The van der Waals surface area contributed by atoms with E-state index in [9.17, 15) is 0 Å². The standard InChI is InChI=1S/C34H27NS/c36-34-25-21-30(22-26-34)18-16-28-13-11-27(12-14-28)15-17-29-19-23-33(24-20-29)35(31-7-3-1-4-8-31)32-9-5-2-6-10-32/h1-26,36H/b17-15+,18-16+. The van der Waals surface area contributed by atoms with E-state index in [-0.39, 0.29) is 0 Å². The third-order valence-corrected chi connectivity index (χ3v) is 6.24. The highest BCUT2D eigenvalue weighted by molar-refractivity contribution is 7.80. The maximum Gasteiger partial charge on any atom is 0.0462 e. The molecule has 0 atom stereocenters. The van der Waals surface area contributed by atoms with Crippen molar-refractivity contribution in [3.05, 3.63) is 156 Å². The smallest absolute Gasteiger partial charge is 0.0462 e. The first-order valence-electron chi connectivity index (χ1n) is 12.0. The molecular weight excluding hydrogens is 454 g/mol. The lowest BCUT2D eigenvalue weighted by Crippen LogP contribution is -2.09. The van der Waals surface area contributed by atoms with E-state index in [0.717, 1.165) is 27.5 Å². The van der Waals surface area contributed by atoms with Crippen LogP contribution in [-0.4, -0.2) is 0 Å². The van der Waals surface area contributed by atoms with Gasteiger partial charge in [-0.3, -0.25) is 0 Å². The van der Waals surface area contributed by atoms with E-state index < -0.39 is 0 Å². The molecule has 0 aliphatic heterocycles. The van der Waals surface area contributed by atoms with Crippen molar-refractivity contribution in [1.82, 2.24) is 0 Å². The van der Waals surface area contributed by atoms with Crippen LogP contribution in [0.5, 0.6) is 0 Å². The highest BCUT2D eigenvalue weighted by atomic mass is 32.1. The second-order valence-corrected chi connectivity index (χ2v) is 9.04. The Morgan fingerprint density at radius 2 is 0.667 bits per heavy atom. The summed E-state index contributed by atoms with van der Waals surface area (Å²) in [5, 5.41) is 0. The van der Waals surface area contributed by atoms with Gasteiger partial charge in [0.05, 0.1) is 0 Å². The SMILES string of the molecule is Sc1ccc(/C=C/c2ccc(/C=C/c3ccc(N(c4ccccc4)c4ccccc4)cc3)cc2)cc1. The number of hydrogen-bond donors (Lipinski definition) is 1. The minimum Gasteiger partial charge on any atom is -0.311 e. The maximum atomic E-state index is 4.34. The number of benzene rings is 5. The van der Waals surface area contributed by atoms with Crippen molar-refractivity contribution in [3.8, 4) is 0 Å². The van der Waals surface area contributed by atoms with Gasteiger partial charge in [0.1, 0.15) is 0 Å². The number of para-hydroxylation sites is 2. The zero-order valence-electron chi connectivity index (χ0n) is 19.9.